The first-order valence-electron chi connectivity index (χ1n) is 11.7. The standard InChI is InChI=1S/C26H31N3O5S/c1-19-8-12-23(13-9-19)35(32,33)28(15-20(2)30)16-26(31)24-14-27-29(22-10-11-22)25(24)18-34-17-21-6-4-3-5-7-21/h3-9,12-14,20,22,30H,10-11,15-18H2,1-2H3/t20-/m1/s1. The van der Waals surface area contributed by atoms with E-state index in [0.717, 1.165) is 28.3 Å². The minimum Gasteiger partial charge on any atom is -0.392 e. The van der Waals surface area contributed by atoms with Crippen molar-refractivity contribution in [1.29, 1.82) is 0 Å². The third-order valence-electron chi connectivity index (χ3n) is 5.89. The average Bonchev–Trinajstić information content (AvgIpc) is 3.59. The third-order valence-corrected chi connectivity index (χ3v) is 7.71. The number of rotatable bonds is 12. The quantitative estimate of drug-likeness (QED) is 0.384. The van der Waals surface area contributed by atoms with Crippen LogP contribution in [0, 0.1) is 6.92 Å². The van der Waals surface area contributed by atoms with Crippen LogP contribution < -0.4 is 0 Å². The molecule has 1 atom stereocenters. The van der Waals surface area contributed by atoms with Gasteiger partial charge >= 0.3 is 0 Å². The minimum atomic E-state index is -3.98. The van der Waals surface area contributed by atoms with Crippen LogP contribution in [0.2, 0.25) is 0 Å². The maximum Gasteiger partial charge on any atom is 0.243 e. The van der Waals surface area contributed by atoms with Crippen LogP contribution in [0.15, 0.2) is 65.7 Å². The van der Waals surface area contributed by atoms with Gasteiger partial charge in [0, 0.05) is 6.54 Å². The zero-order valence-corrected chi connectivity index (χ0v) is 20.8. The van der Waals surface area contributed by atoms with Crippen molar-refractivity contribution in [2.45, 2.75) is 56.9 Å². The minimum absolute atomic E-state index is 0.0802. The molecule has 4 rings (SSSR count). The van der Waals surface area contributed by atoms with E-state index in [-0.39, 0.29) is 29.9 Å². The first kappa shape index (κ1) is 25.2. The van der Waals surface area contributed by atoms with Crippen LogP contribution in [-0.4, -0.2) is 52.6 Å². The van der Waals surface area contributed by atoms with E-state index in [1.54, 1.807) is 12.1 Å². The number of ether oxygens (including phenoxy) is 1. The topological polar surface area (TPSA) is 102 Å². The van der Waals surface area contributed by atoms with Crippen molar-refractivity contribution in [2.24, 2.45) is 0 Å². The second-order valence-electron chi connectivity index (χ2n) is 9.04. The van der Waals surface area contributed by atoms with E-state index in [9.17, 15) is 18.3 Å². The lowest BCUT2D eigenvalue weighted by atomic mass is 10.1. The summed E-state index contributed by atoms with van der Waals surface area (Å²) in [6.07, 6.45) is 2.53. The fraction of sp³-hybridized carbons (Fsp3) is 0.385. The number of hydrogen-bond acceptors (Lipinski definition) is 6. The van der Waals surface area contributed by atoms with Gasteiger partial charge in [0.15, 0.2) is 5.78 Å². The van der Waals surface area contributed by atoms with Crippen molar-refractivity contribution in [3.8, 4) is 0 Å². The second-order valence-corrected chi connectivity index (χ2v) is 11.0. The molecule has 0 aliphatic heterocycles. The molecule has 8 nitrogen and oxygen atoms in total. The molecule has 1 aromatic heterocycles. The first-order valence-corrected chi connectivity index (χ1v) is 13.2. The summed E-state index contributed by atoms with van der Waals surface area (Å²) in [6, 6.07) is 16.4. The number of nitrogens with zero attached hydrogens (tertiary/aromatic N) is 3. The summed E-state index contributed by atoms with van der Waals surface area (Å²) in [5.41, 5.74) is 2.94. The molecule has 0 radical (unpaired) electrons. The van der Waals surface area contributed by atoms with E-state index < -0.39 is 22.7 Å². The van der Waals surface area contributed by atoms with Gasteiger partial charge in [-0.15, -0.1) is 0 Å². The van der Waals surface area contributed by atoms with E-state index in [1.807, 2.05) is 41.9 Å². The molecule has 1 fully saturated rings. The Labute approximate surface area is 206 Å². The number of carbonyl (C=O) groups is 1. The van der Waals surface area contributed by atoms with E-state index in [2.05, 4.69) is 5.10 Å². The highest BCUT2D eigenvalue weighted by Gasteiger charge is 2.32. The van der Waals surface area contributed by atoms with Crippen molar-refractivity contribution in [1.82, 2.24) is 14.1 Å². The molecule has 0 saturated heterocycles. The fourth-order valence-electron chi connectivity index (χ4n) is 3.88. The Balaban J connectivity index is 1.55. The highest BCUT2D eigenvalue weighted by molar-refractivity contribution is 7.89. The Bertz CT molecular complexity index is 1250. The number of hydrogen-bond donors (Lipinski definition) is 1. The molecule has 0 unspecified atom stereocenters. The number of aliphatic hydroxyl groups excluding tert-OH is 1. The lowest BCUT2D eigenvalue weighted by molar-refractivity contribution is 0.0907. The van der Waals surface area contributed by atoms with Crippen LogP contribution in [0.1, 0.15) is 53.0 Å². The van der Waals surface area contributed by atoms with Crippen LogP contribution in [0.3, 0.4) is 0 Å². The van der Waals surface area contributed by atoms with Crippen molar-refractivity contribution < 1.29 is 23.1 Å². The van der Waals surface area contributed by atoms with Crippen LogP contribution >= 0.6 is 0 Å². The maximum atomic E-state index is 13.4. The van der Waals surface area contributed by atoms with Gasteiger partial charge in [-0.05, 0) is 44.4 Å². The predicted octanol–water partition coefficient (Wildman–Crippen LogP) is 3.50. The summed E-state index contributed by atoms with van der Waals surface area (Å²) in [5.74, 6) is -0.383. The Hall–Kier alpha value is -2.85. The molecule has 1 saturated carbocycles. The molecule has 9 heteroatoms. The van der Waals surface area contributed by atoms with Crippen molar-refractivity contribution in [3.63, 3.8) is 0 Å². The number of sulfonamides is 1. The van der Waals surface area contributed by atoms with Gasteiger partial charge in [-0.2, -0.15) is 9.40 Å². The van der Waals surface area contributed by atoms with E-state index in [1.165, 1.54) is 25.3 Å². The monoisotopic (exact) mass is 497 g/mol. The van der Waals surface area contributed by atoms with Gasteiger partial charge < -0.3 is 9.84 Å². The van der Waals surface area contributed by atoms with Gasteiger partial charge in [0.2, 0.25) is 10.0 Å². The molecular weight excluding hydrogens is 466 g/mol. The Morgan fingerprint density at radius 1 is 1.14 bits per heavy atom. The number of aliphatic hydroxyl groups is 1. The zero-order chi connectivity index (χ0) is 25.0. The van der Waals surface area contributed by atoms with E-state index >= 15 is 0 Å². The summed E-state index contributed by atoms with van der Waals surface area (Å²) < 4.78 is 35.4. The number of ketones is 1. The summed E-state index contributed by atoms with van der Waals surface area (Å²) in [6.45, 7) is 3.35. The Kier molecular flexibility index (Phi) is 7.81. The largest absolute Gasteiger partial charge is 0.392 e. The van der Waals surface area contributed by atoms with Crippen LogP contribution in [-0.2, 0) is 28.0 Å². The Morgan fingerprint density at radius 3 is 2.46 bits per heavy atom. The van der Waals surface area contributed by atoms with E-state index in [4.69, 9.17) is 4.74 Å². The van der Waals surface area contributed by atoms with Gasteiger partial charge in [-0.1, -0.05) is 48.0 Å². The molecule has 1 aliphatic carbocycles. The lowest BCUT2D eigenvalue weighted by Gasteiger charge is -2.23. The molecular formula is C26H31N3O5S. The van der Waals surface area contributed by atoms with E-state index in [0.29, 0.717) is 17.9 Å². The summed E-state index contributed by atoms with van der Waals surface area (Å²) in [4.78, 5) is 13.5. The lowest BCUT2D eigenvalue weighted by Crippen LogP contribution is -2.40. The highest BCUT2D eigenvalue weighted by atomic mass is 32.2. The second kappa shape index (κ2) is 10.8. The SMILES string of the molecule is Cc1ccc(S(=O)(=O)N(CC(=O)c2cnn(C3CC3)c2COCc2ccccc2)C[C@@H](C)O)cc1. The smallest absolute Gasteiger partial charge is 0.243 e. The molecule has 3 aromatic rings. The molecule has 2 aromatic carbocycles. The van der Waals surface area contributed by atoms with Crippen molar-refractivity contribution >= 4 is 15.8 Å². The van der Waals surface area contributed by atoms with Gasteiger partial charge in [-0.3, -0.25) is 9.48 Å². The molecule has 0 amide bonds. The molecule has 0 spiro atoms. The van der Waals surface area contributed by atoms with Gasteiger partial charge in [0.05, 0.1) is 54.3 Å². The Morgan fingerprint density at radius 2 is 1.83 bits per heavy atom. The third kappa shape index (κ3) is 6.24. The molecule has 1 N–H and O–H groups in total. The summed E-state index contributed by atoms with van der Waals surface area (Å²) in [5, 5.41) is 14.4. The number of aromatic nitrogens is 2. The first-order chi connectivity index (χ1) is 16.8. The summed E-state index contributed by atoms with van der Waals surface area (Å²) in [7, 11) is -3.98. The average molecular weight is 498 g/mol. The van der Waals surface area contributed by atoms with Gasteiger partial charge in [-0.25, -0.2) is 8.42 Å². The number of carbonyl (C=O) groups excluding carboxylic acids is 1. The van der Waals surface area contributed by atoms with Crippen molar-refractivity contribution in [3.05, 3.63) is 83.2 Å². The molecule has 1 aliphatic rings. The van der Waals surface area contributed by atoms with Crippen LogP contribution in [0.5, 0.6) is 0 Å². The molecule has 0 bridgehead atoms. The number of aryl methyl sites for hydroxylation is 1. The predicted molar refractivity (Wildman–Crippen MR) is 131 cm³/mol. The zero-order valence-electron chi connectivity index (χ0n) is 20.0. The van der Waals surface area contributed by atoms with Gasteiger partial charge in [0.1, 0.15) is 0 Å². The maximum absolute atomic E-state index is 13.4. The number of benzene rings is 2. The fourth-order valence-corrected chi connectivity index (χ4v) is 5.36. The van der Waals surface area contributed by atoms with Crippen LogP contribution in [0.25, 0.3) is 0 Å². The molecule has 1 heterocycles. The van der Waals surface area contributed by atoms with Gasteiger partial charge in [0.25, 0.3) is 0 Å². The number of Topliss-reactive ketones (excluding diaryl/α,β-unsaturated/α-hetero) is 1. The normalized spacial score (nSPS) is 14.9. The molecule has 35 heavy (non-hydrogen) atoms. The van der Waals surface area contributed by atoms with Crippen LogP contribution in [0.4, 0.5) is 0 Å². The molecule has 186 valence electrons. The highest BCUT2D eigenvalue weighted by Crippen LogP contribution is 2.36. The summed E-state index contributed by atoms with van der Waals surface area (Å²) >= 11 is 0. The van der Waals surface area contributed by atoms with Crippen molar-refractivity contribution in [2.75, 3.05) is 13.1 Å².